The highest BCUT2D eigenvalue weighted by atomic mass is 16.4. The van der Waals surface area contributed by atoms with Crippen molar-refractivity contribution in [3.63, 3.8) is 0 Å². The van der Waals surface area contributed by atoms with Gasteiger partial charge in [0.15, 0.2) is 0 Å². The number of hydrogen-bond acceptors (Lipinski definition) is 5. The Morgan fingerprint density at radius 3 is 2.58 bits per heavy atom. The first-order chi connectivity index (χ1) is 12.7. The van der Waals surface area contributed by atoms with Crippen LogP contribution in [0.2, 0.25) is 0 Å². The predicted molar refractivity (Wildman–Crippen MR) is 102 cm³/mol. The van der Waals surface area contributed by atoms with Crippen LogP contribution < -0.4 is 0 Å². The first-order valence-electron chi connectivity index (χ1n) is 8.27. The van der Waals surface area contributed by atoms with Crippen molar-refractivity contribution in [2.45, 2.75) is 19.5 Å². The Morgan fingerprint density at radius 1 is 1.15 bits per heavy atom. The molecule has 2 heterocycles. The number of carboxylic acid groups (broad SMARTS) is 1. The van der Waals surface area contributed by atoms with Crippen LogP contribution in [-0.4, -0.2) is 39.2 Å². The van der Waals surface area contributed by atoms with Crippen molar-refractivity contribution < 1.29 is 9.90 Å². The number of nitrogens with zero attached hydrogens (tertiary/aromatic N) is 4. The Kier molecular flexibility index (Phi) is 7.89. The second kappa shape index (κ2) is 10.7. The summed E-state index contributed by atoms with van der Waals surface area (Å²) in [4.78, 5) is 25.5. The predicted octanol–water partition coefficient (Wildman–Crippen LogP) is 3.34. The van der Waals surface area contributed by atoms with E-state index in [4.69, 9.17) is 5.11 Å². The molecule has 134 valence electrons. The molecule has 0 aliphatic rings. The summed E-state index contributed by atoms with van der Waals surface area (Å²) in [6, 6.07) is 9.18. The molecule has 0 aliphatic carbocycles. The molecule has 0 radical (unpaired) electrons. The number of pyridine rings is 2. The SMILES string of the molecule is C=N/C=C\C=C/CCN(Cc1ccccn1)Cc1ccc(C(=O)O)cn1. The van der Waals surface area contributed by atoms with Crippen LogP contribution in [0.5, 0.6) is 0 Å². The smallest absolute Gasteiger partial charge is 0.337 e. The van der Waals surface area contributed by atoms with Gasteiger partial charge >= 0.3 is 5.97 Å². The van der Waals surface area contributed by atoms with Crippen molar-refractivity contribution >= 4 is 12.7 Å². The monoisotopic (exact) mass is 350 g/mol. The largest absolute Gasteiger partial charge is 0.478 e. The van der Waals surface area contributed by atoms with Gasteiger partial charge < -0.3 is 5.11 Å². The third kappa shape index (κ3) is 6.78. The van der Waals surface area contributed by atoms with Gasteiger partial charge in [0, 0.05) is 38.2 Å². The molecule has 0 aromatic carbocycles. The molecule has 2 rings (SSSR count). The van der Waals surface area contributed by atoms with E-state index in [2.05, 4.69) is 32.7 Å². The van der Waals surface area contributed by atoms with Gasteiger partial charge in [-0.25, -0.2) is 4.79 Å². The summed E-state index contributed by atoms with van der Waals surface area (Å²) in [5, 5.41) is 8.97. The van der Waals surface area contributed by atoms with Crippen molar-refractivity contribution in [1.29, 1.82) is 0 Å². The van der Waals surface area contributed by atoms with Crippen LogP contribution in [0.15, 0.2) is 72.1 Å². The standard InChI is InChI=1S/C20H22N4O2/c1-21-11-5-2-3-7-13-24(15-18-8-4-6-12-22-18)16-19-10-9-17(14-23-19)20(25)26/h2-6,8-12,14H,1,7,13,15-16H2,(H,25,26)/b3-2-,11-5-. The fourth-order valence-electron chi connectivity index (χ4n) is 2.35. The molecule has 0 saturated carbocycles. The van der Waals surface area contributed by atoms with E-state index in [0.29, 0.717) is 13.1 Å². The molecule has 2 aromatic heterocycles. The molecule has 0 fully saturated rings. The zero-order valence-electron chi connectivity index (χ0n) is 14.5. The average molecular weight is 350 g/mol. The highest BCUT2D eigenvalue weighted by molar-refractivity contribution is 5.87. The lowest BCUT2D eigenvalue weighted by Gasteiger charge is -2.21. The third-order valence-corrected chi connectivity index (χ3v) is 3.62. The van der Waals surface area contributed by atoms with Gasteiger partial charge in [0.1, 0.15) is 0 Å². The molecule has 6 heteroatoms. The number of rotatable bonds is 10. The first-order valence-corrected chi connectivity index (χ1v) is 8.27. The minimum Gasteiger partial charge on any atom is -0.478 e. The zero-order valence-corrected chi connectivity index (χ0v) is 14.5. The van der Waals surface area contributed by atoms with E-state index in [-0.39, 0.29) is 5.56 Å². The van der Waals surface area contributed by atoms with Crippen molar-refractivity contribution in [2.75, 3.05) is 6.54 Å². The van der Waals surface area contributed by atoms with E-state index in [1.165, 1.54) is 6.20 Å². The number of allylic oxidation sites excluding steroid dienone is 2. The van der Waals surface area contributed by atoms with Crippen LogP contribution in [0.25, 0.3) is 0 Å². The molecule has 2 aromatic rings. The summed E-state index contributed by atoms with van der Waals surface area (Å²) >= 11 is 0. The Hall–Kier alpha value is -3.12. The van der Waals surface area contributed by atoms with Gasteiger partial charge in [0.2, 0.25) is 0 Å². The number of aliphatic imine (C=N–C) groups is 1. The van der Waals surface area contributed by atoms with Gasteiger partial charge in [0.05, 0.1) is 17.0 Å². The van der Waals surface area contributed by atoms with Crippen molar-refractivity contribution in [2.24, 2.45) is 4.99 Å². The molecule has 6 nitrogen and oxygen atoms in total. The van der Waals surface area contributed by atoms with Crippen LogP contribution in [0, 0.1) is 0 Å². The fraction of sp³-hybridized carbons (Fsp3) is 0.200. The number of carboxylic acids is 1. The van der Waals surface area contributed by atoms with Crippen molar-refractivity contribution in [3.05, 3.63) is 84.1 Å². The molecule has 26 heavy (non-hydrogen) atoms. The normalized spacial score (nSPS) is 11.4. The summed E-state index contributed by atoms with van der Waals surface area (Å²) in [6.45, 7) is 5.53. The zero-order chi connectivity index (χ0) is 18.6. The maximum absolute atomic E-state index is 10.9. The topological polar surface area (TPSA) is 78.7 Å². The lowest BCUT2D eigenvalue weighted by atomic mass is 10.2. The average Bonchev–Trinajstić information content (AvgIpc) is 2.65. The fourth-order valence-corrected chi connectivity index (χ4v) is 2.35. The molecule has 0 spiro atoms. The summed E-state index contributed by atoms with van der Waals surface area (Å²) in [7, 11) is 0. The van der Waals surface area contributed by atoms with Gasteiger partial charge in [-0.2, -0.15) is 0 Å². The van der Waals surface area contributed by atoms with Gasteiger partial charge in [0.25, 0.3) is 0 Å². The van der Waals surface area contributed by atoms with Crippen LogP contribution in [0.1, 0.15) is 28.2 Å². The maximum atomic E-state index is 10.9. The minimum atomic E-state index is -0.971. The van der Waals surface area contributed by atoms with E-state index < -0.39 is 5.97 Å². The van der Waals surface area contributed by atoms with Crippen LogP contribution in [-0.2, 0) is 13.1 Å². The summed E-state index contributed by atoms with van der Waals surface area (Å²) in [6.07, 6.45) is 11.5. The molecule has 0 unspecified atom stereocenters. The molecule has 1 N–H and O–H groups in total. The number of aromatic nitrogens is 2. The van der Waals surface area contributed by atoms with Crippen molar-refractivity contribution in [1.82, 2.24) is 14.9 Å². The third-order valence-electron chi connectivity index (χ3n) is 3.62. The maximum Gasteiger partial charge on any atom is 0.337 e. The molecular formula is C20H22N4O2. The summed E-state index contributed by atoms with van der Waals surface area (Å²) in [5.41, 5.74) is 2.00. The highest BCUT2D eigenvalue weighted by Crippen LogP contribution is 2.09. The second-order valence-corrected chi connectivity index (χ2v) is 5.62. The lowest BCUT2D eigenvalue weighted by molar-refractivity contribution is 0.0696. The van der Waals surface area contributed by atoms with Gasteiger partial charge in [-0.15, -0.1) is 0 Å². The number of hydrogen-bond donors (Lipinski definition) is 1. The van der Waals surface area contributed by atoms with Gasteiger partial charge in [-0.1, -0.05) is 18.2 Å². The molecule has 0 atom stereocenters. The van der Waals surface area contributed by atoms with E-state index in [0.717, 1.165) is 24.4 Å². The molecule has 0 amide bonds. The van der Waals surface area contributed by atoms with Gasteiger partial charge in [-0.3, -0.25) is 19.9 Å². The molecular weight excluding hydrogens is 328 g/mol. The van der Waals surface area contributed by atoms with Gasteiger partial charge in [-0.05, 0) is 43.5 Å². The highest BCUT2D eigenvalue weighted by Gasteiger charge is 2.09. The van der Waals surface area contributed by atoms with Crippen molar-refractivity contribution in [3.8, 4) is 0 Å². The van der Waals surface area contributed by atoms with Crippen LogP contribution in [0.4, 0.5) is 0 Å². The quantitative estimate of drug-likeness (QED) is 0.525. The van der Waals surface area contributed by atoms with E-state index in [1.807, 2.05) is 30.4 Å². The van der Waals surface area contributed by atoms with E-state index in [9.17, 15) is 4.79 Å². The number of aromatic carboxylic acids is 1. The van der Waals surface area contributed by atoms with Crippen LogP contribution in [0.3, 0.4) is 0 Å². The molecule has 0 saturated heterocycles. The Morgan fingerprint density at radius 2 is 1.96 bits per heavy atom. The van der Waals surface area contributed by atoms with E-state index >= 15 is 0 Å². The summed E-state index contributed by atoms with van der Waals surface area (Å²) in [5.74, 6) is -0.971. The summed E-state index contributed by atoms with van der Waals surface area (Å²) < 4.78 is 0. The minimum absolute atomic E-state index is 0.190. The lowest BCUT2D eigenvalue weighted by Crippen LogP contribution is -2.24. The Labute approximate surface area is 153 Å². The molecule has 0 bridgehead atoms. The first kappa shape index (κ1) is 19.2. The Bertz CT molecular complexity index is 755. The Balaban J connectivity index is 2.01. The van der Waals surface area contributed by atoms with Crippen LogP contribution >= 0.6 is 0 Å². The number of carbonyl (C=O) groups is 1. The molecule has 0 aliphatic heterocycles. The second-order valence-electron chi connectivity index (χ2n) is 5.62. The van der Waals surface area contributed by atoms with E-state index in [1.54, 1.807) is 24.5 Å².